The molecule has 7 nitrogen and oxygen atoms in total. The number of aryl methyl sites for hydroxylation is 1. The van der Waals surface area contributed by atoms with Gasteiger partial charge in [-0.25, -0.2) is 9.97 Å². The Morgan fingerprint density at radius 1 is 0.893 bits per heavy atom. The average molecular weight is 371 g/mol. The number of nitrogens with zero attached hydrogens (tertiary/aromatic N) is 6. The van der Waals surface area contributed by atoms with Gasteiger partial charge >= 0.3 is 0 Å². The van der Waals surface area contributed by atoms with E-state index in [1.54, 1.807) is 4.68 Å². The van der Waals surface area contributed by atoms with E-state index in [4.69, 9.17) is 0 Å². The fraction of sp³-hybridized carbons (Fsp3) is 0.238. The Labute approximate surface area is 163 Å². The van der Waals surface area contributed by atoms with Gasteiger partial charge in [0.1, 0.15) is 0 Å². The van der Waals surface area contributed by atoms with E-state index in [-0.39, 0.29) is 0 Å². The second-order valence-electron chi connectivity index (χ2n) is 7.13. The van der Waals surface area contributed by atoms with Crippen LogP contribution in [0.15, 0.2) is 61.4 Å². The fourth-order valence-electron chi connectivity index (χ4n) is 3.59. The maximum atomic E-state index is 4.59. The van der Waals surface area contributed by atoms with E-state index in [9.17, 15) is 0 Å². The monoisotopic (exact) mass is 371 g/mol. The Bertz CT molecular complexity index is 1090. The largest absolute Gasteiger partial charge is 0.315 e. The lowest BCUT2D eigenvalue weighted by Gasteiger charge is -2.07. The summed E-state index contributed by atoms with van der Waals surface area (Å²) in [6, 6.07) is 8.65. The first-order valence-corrected chi connectivity index (χ1v) is 9.43. The minimum Gasteiger partial charge on any atom is -0.315 e. The summed E-state index contributed by atoms with van der Waals surface area (Å²) < 4.78 is 3.84. The van der Waals surface area contributed by atoms with Gasteiger partial charge in [0.25, 0.3) is 0 Å². The van der Waals surface area contributed by atoms with Gasteiger partial charge in [-0.2, -0.15) is 10.2 Å². The van der Waals surface area contributed by atoms with Crippen molar-refractivity contribution in [3.05, 3.63) is 61.4 Å². The molecule has 1 fully saturated rings. The molecule has 0 amide bonds. The molecule has 0 bridgehead atoms. The van der Waals surface area contributed by atoms with Crippen LogP contribution in [0.2, 0.25) is 0 Å². The van der Waals surface area contributed by atoms with Crippen LogP contribution < -0.4 is 5.32 Å². The molecule has 0 aliphatic carbocycles. The molecule has 1 aliphatic rings. The molecule has 140 valence electrons. The standard InChI is InChI=1S/C21H21N7/c1-27-13-18(10-25-27)15-3-2-4-16(7-15)21-23-8-17(9-24-21)19-11-26-28(14-19)20-5-6-22-12-20/h2-4,7-11,13-14,20,22H,5-6,12H2,1H3/t20-/m1/s1. The van der Waals surface area contributed by atoms with Crippen LogP contribution in [0.5, 0.6) is 0 Å². The fourth-order valence-corrected chi connectivity index (χ4v) is 3.59. The summed E-state index contributed by atoms with van der Waals surface area (Å²) in [7, 11) is 1.92. The van der Waals surface area contributed by atoms with Gasteiger partial charge < -0.3 is 5.32 Å². The highest BCUT2D eigenvalue weighted by molar-refractivity contribution is 5.70. The molecule has 0 unspecified atom stereocenters. The van der Waals surface area contributed by atoms with Crippen molar-refractivity contribution in [1.82, 2.24) is 34.8 Å². The lowest BCUT2D eigenvalue weighted by Crippen LogP contribution is -2.13. The third-order valence-electron chi connectivity index (χ3n) is 5.15. The highest BCUT2D eigenvalue weighted by Crippen LogP contribution is 2.26. The molecular formula is C21H21N7. The number of benzene rings is 1. The van der Waals surface area contributed by atoms with Crippen molar-refractivity contribution in [2.45, 2.75) is 12.5 Å². The molecule has 0 saturated carbocycles. The zero-order chi connectivity index (χ0) is 18.9. The van der Waals surface area contributed by atoms with Gasteiger partial charge in [0, 0.05) is 60.6 Å². The van der Waals surface area contributed by atoms with Crippen LogP contribution in [-0.4, -0.2) is 42.6 Å². The van der Waals surface area contributed by atoms with Crippen molar-refractivity contribution in [1.29, 1.82) is 0 Å². The smallest absolute Gasteiger partial charge is 0.159 e. The van der Waals surface area contributed by atoms with Crippen molar-refractivity contribution < 1.29 is 0 Å². The number of aromatic nitrogens is 6. The third kappa shape index (κ3) is 3.20. The molecule has 1 saturated heterocycles. The number of hydrogen-bond donors (Lipinski definition) is 1. The molecule has 4 heterocycles. The van der Waals surface area contributed by atoms with Crippen LogP contribution in [0.4, 0.5) is 0 Å². The zero-order valence-corrected chi connectivity index (χ0v) is 15.7. The summed E-state index contributed by atoms with van der Waals surface area (Å²) in [6.07, 6.45) is 12.7. The molecule has 7 heteroatoms. The van der Waals surface area contributed by atoms with E-state index in [1.165, 1.54) is 0 Å². The van der Waals surface area contributed by atoms with Gasteiger partial charge in [0.2, 0.25) is 0 Å². The van der Waals surface area contributed by atoms with Crippen molar-refractivity contribution in [3.63, 3.8) is 0 Å². The Kier molecular flexibility index (Phi) is 4.21. The molecule has 1 aromatic carbocycles. The van der Waals surface area contributed by atoms with Crippen LogP contribution in [0.1, 0.15) is 12.5 Å². The maximum absolute atomic E-state index is 4.59. The van der Waals surface area contributed by atoms with Gasteiger partial charge in [-0.1, -0.05) is 18.2 Å². The second-order valence-corrected chi connectivity index (χ2v) is 7.13. The summed E-state index contributed by atoms with van der Waals surface area (Å²) in [5.74, 6) is 0.710. The lowest BCUT2D eigenvalue weighted by atomic mass is 10.1. The Morgan fingerprint density at radius 3 is 2.43 bits per heavy atom. The van der Waals surface area contributed by atoms with Crippen LogP contribution in [0, 0.1) is 0 Å². The Balaban J connectivity index is 1.39. The van der Waals surface area contributed by atoms with Crippen LogP contribution >= 0.6 is 0 Å². The third-order valence-corrected chi connectivity index (χ3v) is 5.15. The van der Waals surface area contributed by atoms with E-state index in [1.807, 2.05) is 54.8 Å². The van der Waals surface area contributed by atoms with E-state index in [0.717, 1.165) is 47.3 Å². The Morgan fingerprint density at radius 2 is 1.68 bits per heavy atom. The predicted molar refractivity (Wildman–Crippen MR) is 107 cm³/mol. The van der Waals surface area contributed by atoms with E-state index in [2.05, 4.69) is 43.8 Å². The number of hydrogen-bond acceptors (Lipinski definition) is 5. The van der Waals surface area contributed by atoms with Crippen LogP contribution in [0.25, 0.3) is 33.6 Å². The second kappa shape index (κ2) is 7.01. The minimum atomic E-state index is 0.434. The summed E-state index contributed by atoms with van der Waals surface area (Å²) >= 11 is 0. The van der Waals surface area contributed by atoms with Gasteiger partial charge in [0.05, 0.1) is 18.4 Å². The predicted octanol–water partition coefficient (Wildman–Crippen LogP) is 2.94. The topological polar surface area (TPSA) is 73.5 Å². The summed E-state index contributed by atoms with van der Waals surface area (Å²) in [6.45, 7) is 2.03. The van der Waals surface area contributed by atoms with Gasteiger partial charge in [0.15, 0.2) is 5.82 Å². The zero-order valence-electron chi connectivity index (χ0n) is 15.7. The average Bonchev–Trinajstić information content (AvgIpc) is 3.49. The molecular weight excluding hydrogens is 350 g/mol. The molecule has 28 heavy (non-hydrogen) atoms. The molecule has 3 aromatic heterocycles. The minimum absolute atomic E-state index is 0.434. The molecule has 4 aromatic rings. The molecule has 1 aliphatic heterocycles. The quantitative estimate of drug-likeness (QED) is 0.597. The van der Waals surface area contributed by atoms with E-state index in [0.29, 0.717) is 11.9 Å². The number of nitrogens with one attached hydrogen (secondary N) is 1. The van der Waals surface area contributed by atoms with Gasteiger partial charge in [-0.15, -0.1) is 0 Å². The van der Waals surface area contributed by atoms with Crippen molar-refractivity contribution in [3.8, 4) is 33.6 Å². The maximum Gasteiger partial charge on any atom is 0.159 e. The van der Waals surface area contributed by atoms with Crippen LogP contribution in [-0.2, 0) is 7.05 Å². The highest BCUT2D eigenvalue weighted by Gasteiger charge is 2.17. The van der Waals surface area contributed by atoms with Crippen molar-refractivity contribution in [2.75, 3.05) is 13.1 Å². The lowest BCUT2D eigenvalue weighted by molar-refractivity contribution is 0.491. The first kappa shape index (κ1) is 16.8. The molecule has 1 atom stereocenters. The SMILES string of the molecule is Cn1cc(-c2cccc(-c3ncc(-c4cnn([C@@H]5CCNC5)c4)cn3)c2)cn1. The van der Waals surface area contributed by atoms with E-state index < -0.39 is 0 Å². The van der Waals surface area contributed by atoms with Gasteiger partial charge in [-0.05, 0) is 24.6 Å². The van der Waals surface area contributed by atoms with Crippen molar-refractivity contribution >= 4 is 0 Å². The van der Waals surface area contributed by atoms with Crippen molar-refractivity contribution in [2.24, 2.45) is 7.05 Å². The summed E-state index contributed by atoms with van der Waals surface area (Å²) in [4.78, 5) is 9.18. The Hall–Kier alpha value is -3.32. The molecule has 0 spiro atoms. The molecule has 1 N–H and O–H groups in total. The molecule has 5 rings (SSSR count). The normalized spacial score (nSPS) is 16.5. The van der Waals surface area contributed by atoms with Crippen LogP contribution in [0.3, 0.4) is 0 Å². The number of rotatable bonds is 4. The summed E-state index contributed by atoms with van der Waals surface area (Å²) in [5, 5.41) is 12.1. The first-order valence-electron chi connectivity index (χ1n) is 9.43. The van der Waals surface area contributed by atoms with Gasteiger partial charge in [-0.3, -0.25) is 9.36 Å². The first-order chi connectivity index (χ1) is 13.8. The highest BCUT2D eigenvalue weighted by atomic mass is 15.3. The molecule has 0 radical (unpaired) electrons. The summed E-state index contributed by atoms with van der Waals surface area (Å²) in [5.41, 5.74) is 5.19. The van der Waals surface area contributed by atoms with E-state index >= 15 is 0 Å².